The van der Waals surface area contributed by atoms with Gasteiger partial charge in [-0.25, -0.2) is 4.79 Å². The molecule has 88 valence electrons. The first-order valence-electron chi connectivity index (χ1n) is 5.13. The van der Waals surface area contributed by atoms with Crippen molar-refractivity contribution < 1.29 is 14.6 Å². The number of thioether (sulfide) groups is 1. The van der Waals surface area contributed by atoms with Crippen LogP contribution in [0.5, 0.6) is 5.75 Å². The number of aromatic carboxylic acids is 1. The van der Waals surface area contributed by atoms with Crippen molar-refractivity contribution in [3.63, 3.8) is 0 Å². The van der Waals surface area contributed by atoms with E-state index in [1.807, 2.05) is 11.8 Å². The fourth-order valence-corrected chi connectivity index (χ4v) is 1.77. The molecule has 0 atom stereocenters. The lowest BCUT2D eigenvalue weighted by Gasteiger charge is -2.07. The van der Waals surface area contributed by atoms with Gasteiger partial charge in [0.2, 0.25) is 0 Å². The molecular formula is C11H15NO3S. The molecule has 0 spiro atoms. The SMILES string of the molecule is CCSCCCOc1cnccc1C(=O)O. The van der Waals surface area contributed by atoms with Crippen LogP contribution in [0, 0.1) is 0 Å². The van der Waals surface area contributed by atoms with Crippen molar-refractivity contribution in [3.8, 4) is 5.75 Å². The number of ether oxygens (including phenoxy) is 1. The Hall–Kier alpha value is -1.23. The van der Waals surface area contributed by atoms with Gasteiger partial charge < -0.3 is 9.84 Å². The third-order valence-electron chi connectivity index (χ3n) is 1.91. The molecule has 0 saturated heterocycles. The van der Waals surface area contributed by atoms with Gasteiger partial charge in [0.25, 0.3) is 0 Å². The molecule has 1 rings (SSSR count). The van der Waals surface area contributed by atoms with Gasteiger partial charge in [0.05, 0.1) is 12.8 Å². The maximum atomic E-state index is 10.8. The fraction of sp³-hybridized carbons (Fsp3) is 0.455. The van der Waals surface area contributed by atoms with Crippen LogP contribution in [0.1, 0.15) is 23.7 Å². The van der Waals surface area contributed by atoms with Gasteiger partial charge in [-0.3, -0.25) is 4.98 Å². The molecule has 1 aromatic rings. The number of carboxylic acid groups (broad SMARTS) is 1. The third-order valence-corrected chi connectivity index (χ3v) is 2.90. The lowest BCUT2D eigenvalue weighted by molar-refractivity contribution is 0.0692. The lowest BCUT2D eigenvalue weighted by atomic mass is 10.2. The second-order valence-corrected chi connectivity index (χ2v) is 4.47. The summed E-state index contributed by atoms with van der Waals surface area (Å²) in [4.78, 5) is 14.7. The van der Waals surface area contributed by atoms with E-state index in [1.54, 1.807) is 0 Å². The van der Waals surface area contributed by atoms with Crippen molar-refractivity contribution in [2.24, 2.45) is 0 Å². The Bertz CT molecular complexity index is 344. The van der Waals surface area contributed by atoms with E-state index in [4.69, 9.17) is 9.84 Å². The molecule has 0 bridgehead atoms. The number of nitrogens with zero attached hydrogens (tertiary/aromatic N) is 1. The molecule has 0 saturated carbocycles. The molecule has 0 aliphatic heterocycles. The number of carbonyl (C=O) groups is 1. The molecule has 0 radical (unpaired) electrons. The Morgan fingerprint density at radius 1 is 1.62 bits per heavy atom. The van der Waals surface area contributed by atoms with Crippen LogP contribution in [0.3, 0.4) is 0 Å². The van der Waals surface area contributed by atoms with Gasteiger partial charge in [-0.2, -0.15) is 11.8 Å². The minimum Gasteiger partial charge on any atom is -0.491 e. The highest BCUT2D eigenvalue weighted by molar-refractivity contribution is 7.99. The maximum absolute atomic E-state index is 10.8. The highest BCUT2D eigenvalue weighted by atomic mass is 32.2. The zero-order chi connectivity index (χ0) is 11.8. The molecule has 0 aliphatic rings. The molecule has 0 unspecified atom stereocenters. The third kappa shape index (κ3) is 4.10. The number of rotatable bonds is 7. The second kappa shape index (κ2) is 7.11. The zero-order valence-electron chi connectivity index (χ0n) is 9.18. The maximum Gasteiger partial charge on any atom is 0.339 e. The van der Waals surface area contributed by atoms with Gasteiger partial charge in [-0.05, 0) is 24.0 Å². The summed E-state index contributed by atoms with van der Waals surface area (Å²) in [5.41, 5.74) is 0.165. The highest BCUT2D eigenvalue weighted by Crippen LogP contribution is 2.16. The predicted octanol–water partition coefficient (Wildman–Crippen LogP) is 2.30. The molecule has 1 N–H and O–H groups in total. The summed E-state index contributed by atoms with van der Waals surface area (Å²) in [7, 11) is 0. The first-order valence-corrected chi connectivity index (χ1v) is 6.29. The lowest BCUT2D eigenvalue weighted by Crippen LogP contribution is -2.05. The van der Waals surface area contributed by atoms with Crippen molar-refractivity contribution in [2.75, 3.05) is 18.1 Å². The van der Waals surface area contributed by atoms with E-state index < -0.39 is 5.97 Å². The fourth-order valence-electron chi connectivity index (χ4n) is 1.16. The van der Waals surface area contributed by atoms with Crippen LogP contribution < -0.4 is 4.74 Å². The van der Waals surface area contributed by atoms with Crippen LogP contribution in [-0.2, 0) is 0 Å². The van der Waals surface area contributed by atoms with Crippen LogP contribution in [0.4, 0.5) is 0 Å². The Labute approximate surface area is 99.0 Å². The second-order valence-electron chi connectivity index (χ2n) is 3.08. The molecule has 0 fully saturated rings. The van der Waals surface area contributed by atoms with E-state index in [2.05, 4.69) is 11.9 Å². The predicted molar refractivity (Wildman–Crippen MR) is 64.3 cm³/mol. The van der Waals surface area contributed by atoms with Crippen LogP contribution in [-0.4, -0.2) is 34.2 Å². The van der Waals surface area contributed by atoms with E-state index in [1.165, 1.54) is 18.5 Å². The smallest absolute Gasteiger partial charge is 0.339 e. The van der Waals surface area contributed by atoms with E-state index in [0.717, 1.165) is 17.9 Å². The quantitative estimate of drug-likeness (QED) is 0.742. The van der Waals surface area contributed by atoms with E-state index in [-0.39, 0.29) is 5.56 Å². The average Bonchev–Trinajstić information content (AvgIpc) is 2.29. The van der Waals surface area contributed by atoms with E-state index >= 15 is 0 Å². The van der Waals surface area contributed by atoms with Crippen molar-refractivity contribution in [1.82, 2.24) is 4.98 Å². The number of pyridine rings is 1. The molecule has 5 heteroatoms. The number of carboxylic acids is 1. The van der Waals surface area contributed by atoms with Gasteiger partial charge in [0, 0.05) is 6.20 Å². The highest BCUT2D eigenvalue weighted by Gasteiger charge is 2.10. The van der Waals surface area contributed by atoms with Crippen LogP contribution in [0.15, 0.2) is 18.5 Å². The molecule has 1 aromatic heterocycles. The Balaban J connectivity index is 2.44. The number of hydrogen-bond donors (Lipinski definition) is 1. The van der Waals surface area contributed by atoms with Crippen LogP contribution in [0.25, 0.3) is 0 Å². The summed E-state index contributed by atoms with van der Waals surface area (Å²) in [5, 5.41) is 8.89. The van der Waals surface area contributed by atoms with Gasteiger partial charge in [-0.15, -0.1) is 0 Å². The van der Waals surface area contributed by atoms with Gasteiger partial charge >= 0.3 is 5.97 Å². The Morgan fingerprint density at radius 3 is 3.12 bits per heavy atom. The van der Waals surface area contributed by atoms with E-state index in [9.17, 15) is 4.79 Å². The van der Waals surface area contributed by atoms with Crippen LogP contribution in [0.2, 0.25) is 0 Å². The Morgan fingerprint density at radius 2 is 2.44 bits per heavy atom. The first-order chi connectivity index (χ1) is 7.75. The molecule has 0 amide bonds. The first kappa shape index (κ1) is 12.8. The summed E-state index contributed by atoms with van der Waals surface area (Å²) in [6, 6.07) is 1.44. The summed E-state index contributed by atoms with van der Waals surface area (Å²) in [6.45, 7) is 2.63. The van der Waals surface area contributed by atoms with Gasteiger partial charge in [0.1, 0.15) is 5.56 Å². The zero-order valence-corrected chi connectivity index (χ0v) is 10.00. The van der Waals surface area contributed by atoms with Crippen molar-refractivity contribution >= 4 is 17.7 Å². The van der Waals surface area contributed by atoms with E-state index in [0.29, 0.717) is 12.4 Å². The number of aromatic nitrogens is 1. The monoisotopic (exact) mass is 241 g/mol. The van der Waals surface area contributed by atoms with Crippen LogP contribution >= 0.6 is 11.8 Å². The number of hydrogen-bond acceptors (Lipinski definition) is 4. The topological polar surface area (TPSA) is 59.4 Å². The minimum absolute atomic E-state index is 0.165. The largest absolute Gasteiger partial charge is 0.491 e. The van der Waals surface area contributed by atoms with Crippen molar-refractivity contribution in [2.45, 2.75) is 13.3 Å². The molecule has 1 heterocycles. The minimum atomic E-state index is -0.986. The standard InChI is InChI=1S/C11H15NO3S/c1-2-16-7-3-6-15-10-8-12-5-4-9(10)11(13)14/h4-5,8H,2-3,6-7H2,1H3,(H,13,14). The normalized spacial score (nSPS) is 10.1. The average molecular weight is 241 g/mol. The molecular weight excluding hydrogens is 226 g/mol. The molecule has 0 aromatic carbocycles. The van der Waals surface area contributed by atoms with Gasteiger partial charge in [0.15, 0.2) is 5.75 Å². The summed E-state index contributed by atoms with van der Waals surface area (Å²) < 4.78 is 5.39. The Kier molecular flexibility index (Phi) is 5.71. The summed E-state index contributed by atoms with van der Waals surface area (Å²) in [6.07, 6.45) is 3.80. The van der Waals surface area contributed by atoms with Crippen molar-refractivity contribution in [3.05, 3.63) is 24.0 Å². The molecule has 0 aliphatic carbocycles. The summed E-state index contributed by atoms with van der Waals surface area (Å²) in [5.74, 6) is 1.48. The summed E-state index contributed by atoms with van der Waals surface area (Å²) >= 11 is 1.84. The molecule has 4 nitrogen and oxygen atoms in total. The molecule has 16 heavy (non-hydrogen) atoms. The van der Waals surface area contributed by atoms with Gasteiger partial charge in [-0.1, -0.05) is 6.92 Å². The van der Waals surface area contributed by atoms with Crippen molar-refractivity contribution in [1.29, 1.82) is 0 Å².